The van der Waals surface area contributed by atoms with Crippen molar-refractivity contribution < 1.29 is 0 Å². The fourth-order valence-corrected chi connectivity index (χ4v) is 1.05. The van der Waals surface area contributed by atoms with Crippen LogP contribution < -0.4 is 5.32 Å². The molecule has 1 rings (SSSR count). The standard InChI is InChI=1S/C6H15N3/c1-3-9-5-7-4-8(2)6-9/h7H,3-6H2,1-2H3. The molecule has 0 radical (unpaired) electrons. The highest BCUT2D eigenvalue weighted by molar-refractivity contribution is 4.59. The van der Waals surface area contributed by atoms with Crippen LogP contribution in [-0.2, 0) is 0 Å². The molecule has 3 nitrogen and oxygen atoms in total. The molecule has 1 aliphatic rings. The highest BCUT2D eigenvalue weighted by Gasteiger charge is 2.09. The topological polar surface area (TPSA) is 18.5 Å². The number of hydrogen-bond donors (Lipinski definition) is 1. The van der Waals surface area contributed by atoms with Gasteiger partial charge in [-0.05, 0) is 13.6 Å². The van der Waals surface area contributed by atoms with Gasteiger partial charge >= 0.3 is 0 Å². The molecule has 0 aromatic carbocycles. The SMILES string of the molecule is CCN1CNCN(C)C1. The quantitative estimate of drug-likeness (QED) is 0.525. The van der Waals surface area contributed by atoms with Crippen LogP contribution >= 0.6 is 0 Å². The summed E-state index contributed by atoms with van der Waals surface area (Å²) in [5, 5.41) is 3.29. The van der Waals surface area contributed by atoms with Crippen LogP contribution in [-0.4, -0.2) is 43.4 Å². The summed E-state index contributed by atoms with van der Waals surface area (Å²) in [5.74, 6) is 0. The molecule has 1 heterocycles. The second kappa shape index (κ2) is 3.15. The van der Waals surface area contributed by atoms with E-state index in [-0.39, 0.29) is 0 Å². The molecule has 1 saturated heterocycles. The molecule has 3 heteroatoms. The highest BCUT2D eigenvalue weighted by Crippen LogP contribution is 1.92. The van der Waals surface area contributed by atoms with E-state index in [9.17, 15) is 0 Å². The molecule has 54 valence electrons. The van der Waals surface area contributed by atoms with Crippen molar-refractivity contribution in [2.75, 3.05) is 33.6 Å². The summed E-state index contributed by atoms with van der Waals surface area (Å²) >= 11 is 0. The molecule has 9 heavy (non-hydrogen) atoms. The maximum absolute atomic E-state index is 3.29. The minimum absolute atomic E-state index is 1.02. The van der Waals surface area contributed by atoms with Gasteiger partial charge in [-0.25, -0.2) is 0 Å². The lowest BCUT2D eigenvalue weighted by atomic mass is 10.5. The lowest BCUT2D eigenvalue weighted by Gasteiger charge is -2.32. The maximum Gasteiger partial charge on any atom is 0.0526 e. The zero-order valence-corrected chi connectivity index (χ0v) is 6.22. The number of nitrogens with zero attached hydrogens (tertiary/aromatic N) is 2. The first kappa shape index (κ1) is 6.99. The van der Waals surface area contributed by atoms with Crippen molar-refractivity contribution in [1.82, 2.24) is 15.1 Å². The molecule has 1 fully saturated rings. The van der Waals surface area contributed by atoms with E-state index in [1.54, 1.807) is 0 Å². The Balaban J connectivity index is 2.23. The third-order valence-corrected chi connectivity index (χ3v) is 1.61. The van der Waals surface area contributed by atoms with E-state index in [1.165, 1.54) is 0 Å². The van der Waals surface area contributed by atoms with Crippen molar-refractivity contribution >= 4 is 0 Å². The molecular formula is C6H15N3. The predicted molar refractivity (Wildman–Crippen MR) is 37.9 cm³/mol. The van der Waals surface area contributed by atoms with E-state index >= 15 is 0 Å². The lowest BCUT2D eigenvalue weighted by molar-refractivity contribution is 0.0908. The summed E-state index contributed by atoms with van der Waals surface area (Å²) in [6.07, 6.45) is 0. The Bertz CT molecular complexity index is 84.4. The van der Waals surface area contributed by atoms with Crippen LogP contribution in [0, 0.1) is 0 Å². The molecule has 1 N–H and O–H groups in total. The van der Waals surface area contributed by atoms with Gasteiger partial charge in [0, 0.05) is 6.67 Å². The summed E-state index contributed by atoms with van der Waals surface area (Å²) in [4.78, 5) is 4.61. The van der Waals surface area contributed by atoms with Gasteiger partial charge in [0.05, 0.1) is 13.3 Å². The Morgan fingerprint density at radius 2 is 2.22 bits per heavy atom. The first-order valence-corrected chi connectivity index (χ1v) is 3.44. The van der Waals surface area contributed by atoms with E-state index in [2.05, 4.69) is 29.1 Å². The average molecular weight is 129 g/mol. The van der Waals surface area contributed by atoms with Crippen LogP contribution in [0.25, 0.3) is 0 Å². The van der Waals surface area contributed by atoms with Gasteiger partial charge in [0.1, 0.15) is 0 Å². The van der Waals surface area contributed by atoms with Gasteiger partial charge in [-0.15, -0.1) is 0 Å². The first-order valence-electron chi connectivity index (χ1n) is 3.44. The number of nitrogens with one attached hydrogen (secondary N) is 1. The molecule has 0 saturated carbocycles. The second-order valence-electron chi connectivity index (χ2n) is 2.55. The minimum Gasteiger partial charge on any atom is -0.291 e. The Morgan fingerprint density at radius 3 is 2.67 bits per heavy atom. The van der Waals surface area contributed by atoms with Crippen LogP contribution in [0.2, 0.25) is 0 Å². The Morgan fingerprint density at radius 1 is 1.44 bits per heavy atom. The van der Waals surface area contributed by atoms with E-state index in [0.29, 0.717) is 0 Å². The molecule has 1 aliphatic heterocycles. The van der Waals surface area contributed by atoms with E-state index < -0.39 is 0 Å². The summed E-state index contributed by atoms with van der Waals surface area (Å²) in [7, 11) is 2.12. The van der Waals surface area contributed by atoms with Gasteiger partial charge in [0.25, 0.3) is 0 Å². The normalized spacial score (nSPS) is 24.7. The van der Waals surface area contributed by atoms with Crippen LogP contribution in [0.1, 0.15) is 6.92 Å². The van der Waals surface area contributed by atoms with Gasteiger partial charge in [0.15, 0.2) is 0 Å². The van der Waals surface area contributed by atoms with Crippen molar-refractivity contribution in [1.29, 1.82) is 0 Å². The Kier molecular flexibility index (Phi) is 2.45. The molecule has 0 atom stereocenters. The first-order chi connectivity index (χ1) is 4.33. The zero-order valence-electron chi connectivity index (χ0n) is 6.22. The van der Waals surface area contributed by atoms with Gasteiger partial charge in [-0.2, -0.15) is 0 Å². The molecule has 0 unspecified atom stereocenters. The monoisotopic (exact) mass is 129 g/mol. The Hall–Kier alpha value is -0.120. The van der Waals surface area contributed by atoms with Crippen LogP contribution in [0.4, 0.5) is 0 Å². The Labute approximate surface area is 56.6 Å². The molecule has 0 bridgehead atoms. The van der Waals surface area contributed by atoms with Gasteiger partial charge in [-0.3, -0.25) is 15.1 Å². The molecule has 0 spiro atoms. The van der Waals surface area contributed by atoms with Crippen molar-refractivity contribution in [3.8, 4) is 0 Å². The molecule has 0 aromatic rings. The van der Waals surface area contributed by atoms with Crippen LogP contribution in [0.5, 0.6) is 0 Å². The average Bonchev–Trinajstić information content (AvgIpc) is 1.88. The minimum atomic E-state index is 1.02. The largest absolute Gasteiger partial charge is 0.291 e. The summed E-state index contributed by atoms with van der Waals surface area (Å²) in [6, 6.07) is 0. The van der Waals surface area contributed by atoms with Crippen molar-refractivity contribution in [3.05, 3.63) is 0 Å². The van der Waals surface area contributed by atoms with Crippen molar-refractivity contribution in [2.45, 2.75) is 6.92 Å². The second-order valence-corrected chi connectivity index (χ2v) is 2.55. The predicted octanol–water partition coefficient (Wildman–Crippen LogP) is -0.284. The van der Waals surface area contributed by atoms with Gasteiger partial charge in [-0.1, -0.05) is 6.92 Å². The fourth-order valence-electron chi connectivity index (χ4n) is 1.05. The highest BCUT2D eigenvalue weighted by atomic mass is 15.4. The molecule has 0 aliphatic carbocycles. The van der Waals surface area contributed by atoms with Crippen molar-refractivity contribution in [2.24, 2.45) is 0 Å². The molecule has 0 aromatic heterocycles. The fraction of sp³-hybridized carbons (Fsp3) is 1.00. The van der Waals surface area contributed by atoms with Crippen molar-refractivity contribution in [3.63, 3.8) is 0 Å². The number of rotatable bonds is 1. The van der Waals surface area contributed by atoms with Gasteiger partial charge in [0.2, 0.25) is 0 Å². The van der Waals surface area contributed by atoms with E-state index in [4.69, 9.17) is 0 Å². The molecular weight excluding hydrogens is 114 g/mol. The summed E-state index contributed by atoms with van der Waals surface area (Å²) in [6.45, 7) is 6.49. The summed E-state index contributed by atoms with van der Waals surface area (Å²) in [5.41, 5.74) is 0. The van der Waals surface area contributed by atoms with Crippen LogP contribution in [0.3, 0.4) is 0 Å². The lowest BCUT2D eigenvalue weighted by Crippen LogP contribution is -2.50. The maximum atomic E-state index is 3.29. The van der Waals surface area contributed by atoms with E-state index in [1.807, 2.05) is 0 Å². The van der Waals surface area contributed by atoms with Gasteiger partial charge < -0.3 is 0 Å². The number of hydrogen-bond acceptors (Lipinski definition) is 3. The molecule has 0 amide bonds. The zero-order chi connectivity index (χ0) is 6.69. The summed E-state index contributed by atoms with van der Waals surface area (Å²) < 4.78 is 0. The third-order valence-electron chi connectivity index (χ3n) is 1.61. The smallest absolute Gasteiger partial charge is 0.0526 e. The third kappa shape index (κ3) is 1.93. The van der Waals surface area contributed by atoms with Crippen LogP contribution in [0.15, 0.2) is 0 Å². The van der Waals surface area contributed by atoms with E-state index in [0.717, 1.165) is 26.6 Å².